The summed E-state index contributed by atoms with van der Waals surface area (Å²) in [6, 6.07) is 0. The van der Waals surface area contributed by atoms with Crippen LogP contribution >= 0.6 is 0 Å². The summed E-state index contributed by atoms with van der Waals surface area (Å²) in [6.07, 6.45) is 18.2. The first kappa shape index (κ1) is 12.3. The molecule has 1 aliphatic carbocycles. The molecule has 1 fully saturated rings. The van der Waals surface area contributed by atoms with Crippen molar-refractivity contribution in [2.45, 2.75) is 44.6 Å². The molecular weight excluding hydrogens is 184 g/mol. The second-order valence-electron chi connectivity index (χ2n) is 4.00. The topological polar surface area (TPSA) is 9.23 Å². The molecule has 0 radical (unpaired) electrons. The molecule has 84 valence electrons. The van der Waals surface area contributed by atoms with E-state index in [2.05, 4.69) is 12.7 Å². The molecule has 0 unspecified atom stereocenters. The summed E-state index contributed by atoms with van der Waals surface area (Å²) in [5, 5.41) is 0. The molecule has 1 aliphatic rings. The normalized spacial score (nSPS) is 19.7. The third-order valence-electron chi connectivity index (χ3n) is 2.72. The molecule has 1 nitrogen and oxygen atoms in total. The maximum absolute atomic E-state index is 5.80. The Morgan fingerprint density at radius 2 is 1.73 bits per heavy atom. The minimum absolute atomic E-state index is 0.500. The van der Waals surface area contributed by atoms with Crippen molar-refractivity contribution >= 4 is 0 Å². The van der Waals surface area contributed by atoms with E-state index in [-0.39, 0.29) is 0 Å². The van der Waals surface area contributed by atoms with Crippen molar-refractivity contribution in [1.29, 1.82) is 0 Å². The summed E-state index contributed by atoms with van der Waals surface area (Å²) in [5.41, 5.74) is 0. The molecule has 15 heavy (non-hydrogen) atoms. The van der Waals surface area contributed by atoms with Gasteiger partial charge in [0.05, 0.1) is 12.7 Å². The van der Waals surface area contributed by atoms with Gasteiger partial charge in [0.25, 0.3) is 0 Å². The predicted molar refractivity (Wildman–Crippen MR) is 65.9 cm³/mol. The third-order valence-corrected chi connectivity index (χ3v) is 2.72. The van der Waals surface area contributed by atoms with Crippen molar-refractivity contribution in [2.24, 2.45) is 0 Å². The molecule has 1 saturated carbocycles. The summed E-state index contributed by atoms with van der Waals surface area (Å²) in [7, 11) is 0. The van der Waals surface area contributed by atoms with E-state index in [0.717, 1.165) is 6.61 Å². The first-order chi connectivity index (χ1) is 7.43. The van der Waals surface area contributed by atoms with Crippen LogP contribution in [0.1, 0.15) is 38.5 Å². The van der Waals surface area contributed by atoms with E-state index < -0.39 is 0 Å². The fourth-order valence-corrected chi connectivity index (χ4v) is 1.88. The van der Waals surface area contributed by atoms with Gasteiger partial charge in [0.1, 0.15) is 0 Å². The van der Waals surface area contributed by atoms with Gasteiger partial charge < -0.3 is 4.74 Å². The van der Waals surface area contributed by atoms with Crippen molar-refractivity contribution in [1.82, 2.24) is 0 Å². The number of ether oxygens (including phenoxy) is 1. The summed E-state index contributed by atoms with van der Waals surface area (Å²) < 4.78 is 5.80. The van der Waals surface area contributed by atoms with Crippen LogP contribution in [0.4, 0.5) is 0 Å². The van der Waals surface area contributed by atoms with Crippen molar-refractivity contribution in [3.8, 4) is 0 Å². The largest absolute Gasteiger partial charge is 0.374 e. The van der Waals surface area contributed by atoms with E-state index in [1.54, 1.807) is 6.08 Å². The van der Waals surface area contributed by atoms with Crippen molar-refractivity contribution < 1.29 is 4.74 Å². The zero-order valence-electron chi connectivity index (χ0n) is 9.53. The molecule has 0 heterocycles. The SMILES string of the molecule is C=C/C=C\C=C\COC1CCCCCC1. The number of allylic oxidation sites excluding steroid dienone is 4. The molecule has 0 saturated heterocycles. The number of hydrogen-bond acceptors (Lipinski definition) is 1. The van der Waals surface area contributed by atoms with Crippen LogP contribution in [0.5, 0.6) is 0 Å². The van der Waals surface area contributed by atoms with Gasteiger partial charge in [0, 0.05) is 0 Å². The zero-order chi connectivity index (χ0) is 10.8. The summed E-state index contributed by atoms with van der Waals surface area (Å²) in [6.45, 7) is 4.35. The Morgan fingerprint density at radius 1 is 1.00 bits per heavy atom. The van der Waals surface area contributed by atoms with Crippen molar-refractivity contribution in [3.63, 3.8) is 0 Å². The lowest BCUT2D eigenvalue weighted by Crippen LogP contribution is -2.11. The van der Waals surface area contributed by atoms with Crippen LogP contribution in [0.25, 0.3) is 0 Å². The van der Waals surface area contributed by atoms with Crippen LogP contribution < -0.4 is 0 Å². The second kappa shape index (κ2) is 8.49. The molecule has 0 aromatic rings. The Labute approximate surface area is 93.5 Å². The van der Waals surface area contributed by atoms with Crippen LogP contribution in [0.2, 0.25) is 0 Å². The molecule has 0 aromatic carbocycles. The third kappa shape index (κ3) is 6.29. The maximum atomic E-state index is 5.80. The van der Waals surface area contributed by atoms with Gasteiger partial charge in [-0.05, 0) is 12.8 Å². The zero-order valence-corrected chi connectivity index (χ0v) is 9.53. The Kier molecular flexibility index (Phi) is 6.93. The molecule has 1 heteroatoms. The van der Waals surface area contributed by atoms with Gasteiger partial charge in [-0.1, -0.05) is 62.6 Å². The average Bonchev–Trinajstić information content (AvgIpc) is 2.52. The van der Waals surface area contributed by atoms with Gasteiger partial charge in [-0.25, -0.2) is 0 Å². The van der Waals surface area contributed by atoms with Crippen LogP contribution in [0.15, 0.2) is 37.0 Å². The van der Waals surface area contributed by atoms with E-state index in [9.17, 15) is 0 Å². The lowest BCUT2D eigenvalue weighted by molar-refractivity contribution is 0.0632. The highest BCUT2D eigenvalue weighted by atomic mass is 16.5. The number of hydrogen-bond donors (Lipinski definition) is 0. The molecule has 0 atom stereocenters. The van der Waals surface area contributed by atoms with E-state index in [4.69, 9.17) is 4.74 Å². The summed E-state index contributed by atoms with van der Waals surface area (Å²) in [5.74, 6) is 0. The Bertz CT molecular complexity index is 207. The van der Waals surface area contributed by atoms with Crippen molar-refractivity contribution in [3.05, 3.63) is 37.0 Å². The molecule has 0 aromatic heterocycles. The quantitative estimate of drug-likeness (QED) is 0.487. The smallest absolute Gasteiger partial charge is 0.0654 e. The lowest BCUT2D eigenvalue weighted by atomic mass is 10.1. The van der Waals surface area contributed by atoms with Gasteiger partial charge >= 0.3 is 0 Å². The maximum Gasteiger partial charge on any atom is 0.0654 e. The molecule has 0 amide bonds. The minimum Gasteiger partial charge on any atom is -0.374 e. The average molecular weight is 206 g/mol. The van der Waals surface area contributed by atoms with E-state index in [1.165, 1.54) is 38.5 Å². The van der Waals surface area contributed by atoms with Gasteiger partial charge in [-0.3, -0.25) is 0 Å². The fourth-order valence-electron chi connectivity index (χ4n) is 1.88. The first-order valence-corrected chi connectivity index (χ1v) is 5.99. The highest BCUT2D eigenvalue weighted by molar-refractivity contribution is 5.08. The molecule has 0 aliphatic heterocycles. The van der Waals surface area contributed by atoms with E-state index in [0.29, 0.717) is 6.10 Å². The monoisotopic (exact) mass is 206 g/mol. The fraction of sp³-hybridized carbons (Fsp3) is 0.571. The van der Waals surface area contributed by atoms with Crippen LogP contribution in [0.3, 0.4) is 0 Å². The Balaban J connectivity index is 2.09. The van der Waals surface area contributed by atoms with Crippen LogP contribution in [0, 0.1) is 0 Å². The molecule has 0 N–H and O–H groups in total. The Morgan fingerprint density at radius 3 is 2.40 bits per heavy atom. The summed E-state index contributed by atoms with van der Waals surface area (Å²) >= 11 is 0. The highest BCUT2D eigenvalue weighted by Gasteiger charge is 2.11. The van der Waals surface area contributed by atoms with Gasteiger partial charge in [-0.15, -0.1) is 0 Å². The van der Waals surface area contributed by atoms with E-state index in [1.807, 2.05) is 18.2 Å². The van der Waals surface area contributed by atoms with Gasteiger partial charge in [-0.2, -0.15) is 0 Å². The first-order valence-electron chi connectivity index (χ1n) is 5.99. The lowest BCUT2D eigenvalue weighted by Gasteiger charge is -2.13. The Hall–Kier alpha value is -0.820. The van der Waals surface area contributed by atoms with Crippen LogP contribution in [-0.4, -0.2) is 12.7 Å². The molecule has 1 rings (SSSR count). The highest BCUT2D eigenvalue weighted by Crippen LogP contribution is 2.19. The molecular formula is C14H22O. The van der Waals surface area contributed by atoms with Gasteiger partial charge in [0.15, 0.2) is 0 Å². The minimum atomic E-state index is 0.500. The number of rotatable bonds is 5. The van der Waals surface area contributed by atoms with Gasteiger partial charge in [0.2, 0.25) is 0 Å². The van der Waals surface area contributed by atoms with E-state index >= 15 is 0 Å². The summed E-state index contributed by atoms with van der Waals surface area (Å²) in [4.78, 5) is 0. The second-order valence-corrected chi connectivity index (χ2v) is 4.00. The standard InChI is InChI=1S/C14H22O/c1-2-3-4-7-10-13-15-14-11-8-5-6-9-12-14/h2-4,7,10,14H,1,5-6,8-9,11-13H2/b4-3-,10-7+. The van der Waals surface area contributed by atoms with Crippen molar-refractivity contribution in [2.75, 3.05) is 6.61 Å². The molecule has 0 bridgehead atoms. The predicted octanol–water partition coefficient (Wildman–Crippen LogP) is 4.02. The van der Waals surface area contributed by atoms with Crippen LogP contribution in [-0.2, 0) is 4.74 Å². The molecule has 0 spiro atoms.